The van der Waals surface area contributed by atoms with Gasteiger partial charge in [0.25, 0.3) is 0 Å². The maximum atomic E-state index is 13.4. The fraction of sp³-hybridized carbons (Fsp3) is 0.333. The van der Waals surface area contributed by atoms with E-state index < -0.39 is 24.2 Å². The molecule has 0 aliphatic rings. The van der Waals surface area contributed by atoms with Gasteiger partial charge in [-0.2, -0.15) is 13.2 Å². The van der Waals surface area contributed by atoms with Gasteiger partial charge in [-0.15, -0.1) is 0 Å². The van der Waals surface area contributed by atoms with Gasteiger partial charge in [0, 0.05) is 31.8 Å². The molecule has 5 nitrogen and oxygen atoms in total. The average Bonchev–Trinajstić information content (AvgIpc) is 2.90. The van der Waals surface area contributed by atoms with Crippen LogP contribution in [0.15, 0.2) is 72.8 Å². The van der Waals surface area contributed by atoms with Gasteiger partial charge in [-0.1, -0.05) is 48.4 Å². The zero-order valence-electron chi connectivity index (χ0n) is 21.9. The molecule has 1 atom stereocenters. The molecule has 0 bridgehead atoms. The summed E-state index contributed by atoms with van der Waals surface area (Å²) in [5.74, 6) is -1.54. The molecule has 0 aliphatic carbocycles. The number of hydrogen-bond acceptors (Lipinski definition) is 5. The average molecular weight is 580 g/mol. The van der Waals surface area contributed by atoms with Crippen LogP contribution in [0.25, 0.3) is 11.1 Å². The SMILES string of the molecule is CCOCCCCCC(OC(=O)c1ccc(OC(=O)c2ccc(-c3ccc(C)cc3)cc2)cc1)C(F)(F)F.[V]. The molecule has 3 aromatic rings. The van der Waals surface area contributed by atoms with Crippen LogP contribution < -0.4 is 4.74 Å². The summed E-state index contributed by atoms with van der Waals surface area (Å²) in [5.41, 5.74) is 3.38. The summed E-state index contributed by atoms with van der Waals surface area (Å²) in [6.07, 6.45) is -5.74. The van der Waals surface area contributed by atoms with E-state index in [2.05, 4.69) is 0 Å². The molecule has 0 amide bonds. The minimum Gasteiger partial charge on any atom is -0.449 e. The standard InChI is InChI=1S/C30H31F3O5.V/c1-3-36-20-6-4-5-7-27(30(31,32)33)38-29(35)25-16-18-26(19-17-25)37-28(34)24-14-12-23(13-15-24)22-10-8-21(2)9-11-22;/h8-19,27H,3-7,20H2,1-2H3;. The van der Waals surface area contributed by atoms with Crippen LogP contribution in [-0.4, -0.2) is 37.4 Å². The Bertz CT molecular complexity index is 1180. The molecule has 3 aromatic carbocycles. The van der Waals surface area contributed by atoms with Crippen LogP contribution >= 0.6 is 0 Å². The molecule has 3 rings (SSSR count). The van der Waals surface area contributed by atoms with Crippen LogP contribution in [0.2, 0.25) is 0 Å². The predicted molar refractivity (Wildman–Crippen MR) is 138 cm³/mol. The van der Waals surface area contributed by atoms with Gasteiger partial charge in [-0.25, -0.2) is 9.59 Å². The Labute approximate surface area is 238 Å². The summed E-state index contributed by atoms with van der Waals surface area (Å²) in [7, 11) is 0. The van der Waals surface area contributed by atoms with Crippen molar-refractivity contribution in [3.63, 3.8) is 0 Å². The summed E-state index contributed by atoms with van der Waals surface area (Å²) < 4.78 is 55.4. The van der Waals surface area contributed by atoms with E-state index >= 15 is 0 Å². The molecular formula is C30H31F3O5V. The second-order valence-corrected chi connectivity index (χ2v) is 8.84. The fourth-order valence-electron chi connectivity index (χ4n) is 3.71. The smallest absolute Gasteiger partial charge is 0.425 e. The molecule has 0 aromatic heterocycles. The van der Waals surface area contributed by atoms with Crippen molar-refractivity contribution >= 4 is 11.9 Å². The number of carbonyl (C=O) groups is 2. The van der Waals surface area contributed by atoms with Gasteiger partial charge >= 0.3 is 18.1 Å². The number of alkyl halides is 3. The molecular weight excluding hydrogens is 548 g/mol. The summed E-state index contributed by atoms with van der Waals surface area (Å²) in [5, 5.41) is 0. The van der Waals surface area contributed by atoms with Crippen molar-refractivity contribution in [1.82, 2.24) is 0 Å². The molecule has 9 heteroatoms. The van der Waals surface area contributed by atoms with Crippen LogP contribution in [0.3, 0.4) is 0 Å². The summed E-state index contributed by atoms with van der Waals surface area (Å²) >= 11 is 0. The number of ether oxygens (including phenoxy) is 3. The van der Waals surface area contributed by atoms with Gasteiger partial charge in [-0.05, 0) is 80.6 Å². The molecule has 207 valence electrons. The third kappa shape index (κ3) is 10.2. The number of benzene rings is 3. The van der Waals surface area contributed by atoms with Gasteiger partial charge < -0.3 is 14.2 Å². The van der Waals surface area contributed by atoms with Gasteiger partial charge in [0.2, 0.25) is 0 Å². The number of halogens is 3. The van der Waals surface area contributed by atoms with Gasteiger partial charge in [0.05, 0.1) is 11.1 Å². The van der Waals surface area contributed by atoms with E-state index in [0.717, 1.165) is 16.7 Å². The Balaban J connectivity index is 0.00000533. The van der Waals surface area contributed by atoms with E-state index in [1.165, 1.54) is 24.3 Å². The van der Waals surface area contributed by atoms with Crippen molar-refractivity contribution in [2.45, 2.75) is 51.8 Å². The molecule has 0 aliphatic heterocycles. The number of aryl methyl sites for hydroxylation is 1. The van der Waals surface area contributed by atoms with Gasteiger partial charge in [0.1, 0.15) is 5.75 Å². The van der Waals surface area contributed by atoms with E-state index in [-0.39, 0.29) is 42.7 Å². The zero-order valence-corrected chi connectivity index (χ0v) is 23.3. The van der Waals surface area contributed by atoms with Crippen LogP contribution in [0, 0.1) is 6.92 Å². The number of unbranched alkanes of at least 4 members (excludes halogenated alkanes) is 2. The number of carbonyl (C=O) groups excluding carboxylic acids is 2. The summed E-state index contributed by atoms with van der Waals surface area (Å²) in [6, 6.07) is 20.1. The summed E-state index contributed by atoms with van der Waals surface area (Å²) in [6.45, 7) is 4.90. The van der Waals surface area contributed by atoms with Crippen molar-refractivity contribution in [2.24, 2.45) is 0 Å². The first-order valence-corrected chi connectivity index (χ1v) is 12.5. The van der Waals surface area contributed by atoms with Crippen molar-refractivity contribution in [3.05, 3.63) is 89.5 Å². The number of hydrogen-bond donors (Lipinski definition) is 0. The van der Waals surface area contributed by atoms with Crippen LogP contribution in [0.4, 0.5) is 13.2 Å². The van der Waals surface area contributed by atoms with Gasteiger partial charge in [-0.3, -0.25) is 0 Å². The maximum Gasteiger partial charge on any atom is 0.425 e. The van der Waals surface area contributed by atoms with Crippen LogP contribution in [0.5, 0.6) is 5.75 Å². The second kappa shape index (κ2) is 15.5. The van der Waals surface area contributed by atoms with E-state index in [9.17, 15) is 22.8 Å². The van der Waals surface area contributed by atoms with E-state index in [4.69, 9.17) is 14.2 Å². The second-order valence-electron chi connectivity index (χ2n) is 8.84. The van der Waals surface area contributed by atoms with E-state index in [0.29, 0.717) is 31.6 Å². The minimum absolute atomic E-state index is 0. The monoisotopic (exact) mass is 579 g/mol. The van der Waals surface area contributed by atoms with Crippen LogP contribution in [-0.2, 0) is 28.0 Å². The molecule has 0 heterocycles. The topological polar surface area (TPSA) is 61.8 Å². The molecule has 0 fully saturated rings. The predicted octanol–water partition coefficient (Wildman–Crippen LogP) is 7.56. The Hall–Kier alpha value is -3.07. The van der Waals surface area contributed by atoms with E-state index in [1.54, 1.807) is 12.1 Å². The molecule has 1 unspecified atom stereocenters. The molecule has 0 saturated heterocycles. The first-order chi connectivity index (χ1) is 18.2. The number of esters is 2. The zero-order chi connectivity index (χ0) is 27.5. The van der Waals surface area contributed by atoms with Crippen molar-refractivity contribution in [2.75, 3.05) is 13.2 Å². The number of rotatable bonds is 12. The Kier molecular flexibility index (Phi) is 12.8. The maximum absolute atomic E-state index is 13.4. The minimum atomic E-state index is -4.67. The quantitative estimate of drug-likeness (QED) is 0.126. The summed E-state index contributed by atoms with van der Waals surface area (Å²) in [4.78, 5) is 24.9. The molecule has 0 N–H and O–H groups in total. The first kappa shape index (κ1) is 32.1. The van der Waals surface area contributed by atoms with Crippen molar-refractivity contribution < 1.29 is 55.5 Å². The molecule has 39 heavy (non-hydrogen) atoms. The van der Waals surface area contributed by atoms with Gasteiger partial charge in [0.15, 0.2) is 6.10 Å². The van der Waals surface area contributed by atoms with Crippen LogP contribution in [0.1, 0.15) is 58.9 Å². The Morgan fingerprint density at radius 1 is 0.769 bits per heavy atom. The van der Waals surface area contributed by atoms with E-state index in [1.807, 2.05) is 50.2 Å². The largest absolute Gasteiger partial charge is 0.449 e. The van der Waals surface area contributed by atoms with Crippen molar-refractivity contribution in [3.8, 4) is 16.9 Å². The van der Waals surface area contributed by atoms with Crippen molar-refractivity contribution in [1.29, 1.82) is 0 Å². The Morgan fingerprint density at radius 2 is 1.31 bits per heavy atom. The molecule has 0 saturated carbocycles. The first-order valence-electron chi connectivity index (χ1n) is 12.5. The molecule has 0 spiro atoms. The molecule has 1 radical (unpaired) electrons. The third-order valence-corrected chi connectivity index (χ3v) is 5.88. The Morgan fingerprint density at radius 3 is 1.87 bits per heavy atom. The third-order valence-electron chi connectivity index (χ3n) is 5.88. The fourth-order valence-corrected chi connectivity index (χ4v) is 3.71. The normalized spacial score (nSPS) is 11.8.